The first-order chi connectivity index (χ1) is 12.7. The van der Waals surface area contributed by atoms with Gasteiger partial charge in [0.2, 0.25) is 5.91 Å². The fourth-order valence-corrected chi connectivity index (χ4v) is 3.96. The molecule has 2 atom stereocenters. The molecule has 26 heavy (non-hydrogen) atoms. The molecule has 1 aromatic carbocycles. The third-order valence-electron chi connectivity index (χ3n) is 5.21. The standard InChI is InChI=1S/C20H29N3O3/c1-2-26-20(25)21-17-10-6-13-23(15-17)19(24)18-11-7-12-22(18)14-16-8-4-3-5-9-16/h3-5,8-9,17-18H,2,6-7,10-15H2,1H3,(H,21,25). The van der Waals surface area contributed by atoms with Crippen LogP contribution in [0.1, 0.15) is 38.2 Å². The zero-order valence-electron chi connectivity index (χ0n) is 15.5. The lowest BCUT2D eigenvalue weighted by molar-refractivity contribution is -0.137. The third kappa shape index (κ3) is 4.75. The Kier molecular flexibility index (Phi) is 6.50. The molecular weight excluding hydrogens is 330 g/mol. The van der Waals surface area contributed by atoms with Gasteiger partial charge in [-0.2, -0.15) is 0 Å². The van der Waals surface area contributed by atoms with Crippen molar-refractivity contribution in [1.82, 2.24) is 15.1 Å². The van der Waals surface area contributed by atoms with Crippen molar-refractivity contribution < 1.29 is 14.3 Å². The smallest absolute Gasteiger partial charge is 0.407 e. The monoisotopic (exact) mass is 359 g/mol. The average molecular weight is 359 g/mol. The number of benzene rings is 1. The van der Waals surface area contributed by atoms with Gasteiger partial charge >= 0.3 is 6.09 Å². The number of alkyl carbamates (subject to hydrolysis) is 1. The largest absolute Gasteiger partial charge is 0.450 e. The number of rotatable bonds is 5. The van der Waals surface area contributed by atoms with Crippen LogP contribution in [0.3, 0.4) is 0 Å². The van der Waals surface area contributed by atoms with Crippen LogP contribution < -0.4 is 5.32 Å². The molecular formula is C20H29N3O3. The van der Waals surface area contributed by atoms with Crippen LogP contribution in [0, 0.1) is 0 Å². The Morgan fingerprint density at radius 2 is 1.92 bits per heavy atom. The Bertz CT molecular complexity index is 608. The van der Waals surface area contributed by atoms with Crippen LogP contribution in [0.4, 0.5) is 4.79 Å². The van der Waals surface area contributed by atoms with Gasteiger partial charge in [0.15, 0.2) is 0 Å². The van der Waals surface area contributed by atoms with Crippen LogP contribution in [0.5, 0.6) is 0 Å². The Balaban J connectivity index is 1.57. The second-order valence-electron chi connectivity index (χ2n) is 7.10. The van der Waals surface area contributed by atoms with E-state index in [2.05, 4.69) is 22.3 Å². The Hall–Kier alpha value is -2.08. The first-order valence-electron chi connectivity index (χ1n) is 9.67. The topological polar surface area (TPSA) is 61.9 Å². The highest BCUT2D eigenvalue weighted by atomic mass is 16.5. The molecule has 0 saturated carbocycles. The molecule has 2 fully saturated rings. The number of nitrogens with zero attached hydrogens (tertiary/aromatic N) is 2. The van der Waals surface area contributed by atoms with Gasteiger partial charge < -0.3 is 15.0 Å². The fourth-order valence-electron chi connectivity index (χ4n) is 3.96. The molecule has 2 aliphatic rings. The normalized spacial score (nSPS) is 23.7. The van der Waals surface area contributed by atoms with Crippen LogP contribution in [0.2, 0.25) is 0 Å². The molecule has 2 heterocycles. The molecule has 3 rings (SSSR count). The first kappa shape index (κ1) is 18.7. The number of ether oxygens (including phenoxy) is 1. The highest BCUT2D eigenvalue weighted by Gasteiger charge is 2.35. The van der Waals surface area contributed by atoms with E-state index in [0.29, 0.717) is 13.2 Å². The van der Waals surface area contributed by atoms with Gasteiger partial charge in [-0.15, -0.1) is 0 Å². The van der Waals surface area contributed by atoms with Crippen molar-refractivity contribution in [3.63, 3.8) is 0 Å². The lowest BCUT2D eigenvalue weighted by Gasteiger charge is -2.36. The fraction of sp³-hybridized carbons (Fsp3) is 0.600. The van der Waals surface area contributed by atoms with E-state index in [9.17, 15) is 9.59 Å². The predicted molar refractivity (Wildman–Crippen MR) is 99.6 cm³/mol. The molecule has 6 nitrogen and oxygen atoms in total. The summed E-state index contributed by atoms with van der Waals surface area (Å²) in [4.78, 5) is 29.0. The van der Waals surface area contributed by atoms with Crippen LogP contribution in [0.15, 0.2) is 30.3 Å². The number of nitrogens with one attached hydrogen (secondary N) is 1. The molecule has 1 N–H and O–H groups in total. The Labute approximate surface area is 155 Å². The zero-order valence-corrected chi connectivity index (χ0v) is 15.5. The van der Waals surface area contributed by atoms with Gasteiger partial charge in [-0.3, -0.25) is 9.69 Å². The van der Waals surface area contributed by atoms with Gasteiger partial charge in [0.25, 0.3) is 0 Å². The maximum absolute atomic E-state index is 13.1. The second kappa shape index (κ2) is 9.03. The molecule has 0 bridgehead atoms. The molecule has 0 spiro atoms. The summed E-state index contributed by atoms with van der Waals surface area (Å²) in [6.45, 7) is 5.28. The van der Waals surface area contributed by atoms with Gasteiger partial charge in [-0.05, 0) is 44.7 Å². The van der Waals surface area contributed by atoms with Crippen LogP contribution in [-0.4, -0.2) is 60.1 Å². The summed E-state index contributed by atoms with van der Waals surface area (Å²) >= 11 is 0. The van der Waals surface area contributed by atoms with E-state index in [1.54, 1.807) is 6.92 Å². The minimum Gasteiger partial charge on any atom is -0.450 e. The summed E-state index contributed by atoms with van der Waals surface area (Å²) in [6, 6.07) is 10.3. The zero-order chi connectivity index (χ0) is 18.4. The lowest BCUT2D eigenvalue weighted by atomic mass is 10.0. The van der Waals surface area contributed by atoms with Gasteiger partial charge in [-0.1, -0.05) is 30.3 Å². The molecule has 6 heteroatoms. The molecule has 0 aliphatic carbocycles. The quantitative estimate of drug-likeness (QED) is 0.877. The molecule has 0 aromatic heterocycles. The third-order valence-corrected chi connectivity index (χ3v) is 5.21. The van der Waals surface area contributed by atoms with Crippen LogP contribution in [0.25, 0.3) is 0 Å². The van der Waals surface area contributed by atoms with E-state index < -0.39 is 6.09 Å². The van der Waals surface area contributed by atoms with Crippen molar-refractivity contribution >= 4 is 12.0 Å². The van der Waals surface area contributed by atoms with E-state index in [1.807, 2.05) is 23.1 Å². The van der Waals surface area contributed by atoms with Crippen LogP contribution >= 0.6 is 0 Å². The van der Waals surface area contributed by atoms with E-state index in [-0.39, 0.29) is 18.0 Å². The van der Waals surface area contributed by atoms with Gasteiger partial charge in [-0.25, -0.2) is 4.79 Å². The van der Waals surface area contributed by atoms with Crippen molar-refractivity contribution in [3.05, 3.63) is 35.9 Å². The second-order valence-corrected chi connectivity index (χ2v) is 7.10. The molecule has 1 aromatic rings. The molecule has 2 amide bonds. The SMILES string of the molecule is CCOC(=O)NC1CCCN(C(=O)C2CCCN2Cc2ccccc2)C1. The van der Waals surface area contributed by atoms with Crippen molar-refractivity contribution in [2.75, 3.05) is 26.2 Å². The van der Waals surface area contributed by atoms with Gasteiger partial charge in [0, 0.05) is 25.7 Å². The number of hydrogen-bond donors (Lipinski definition) is 1. The summed E-state index contributed by atoms with van der Waals surface area (Å²) in [7, 11) is 0. The van der Waals surface area contributed by atoms with Gasteiger partial charge in [0.05, 0.1) is 12.6 Å². The highest BCUT2D eigenvalue weighted by molar-refractivity contribution is 5.82. The summed E-state index contributed by atoms with van der Waals surface area (Å²) in [5, 5.41) is 2.88. The number of hydrogen-bond acceptors (Lipinski definition) is 4. The van der Waals surface area contributed by atoms with E-state index >= 15 is 0 Å². The Morgan fingerprint density at radius 3 is 2.69 bits per heavy atom. The molecule has 2 unspecified atom stereocenters. The predicted octanol–water partition coefficient (Wildman–Crippen LogP) is 2.39. The lowest BCUT2D eigenvalue weighted by Crippen LogP contribution is -2.53. The first-order valence-corrected chi connectivity index (χ1v) is 9.67. The van der Waals surface area contributed by atoms with Crippen molar-refractivity contribution in [2.24, 2.45) is 0 Å². The number of amides is 2. The number of piperidine rings is 1. The number of carbonyl (C=O) groups excluding carboxylic acids is 2. The number of likely N-dealkylation sites (tertiary alicyclic amines) is 2. The van der Waals surface area contributed by atoms with Crippen molar-refractivity contribution in [2.45, 2.75) is 51.2 Å². The van der Waals surface area contributed by atoms with Crippen LogP contribution in [-0.2, 0) is 16.1 Å². The van der Waals surface area contributed by atoms with Gasteiger partial charge in [0.1, 0.15) is 0 Å². The Morgan fingerprint density at radius 1 is 1.15 bits per heavy atom. The highest BCUT2D eigenvalue weighted by Crippen LogP contribution is 2.23. The van der Waals surface area contributed by atoms with Crippen molar-refractivity contribution in [3.8, 4) is 0 Å². The molecule has 0 radical (unpaired) electrons. The summed E-state index contributed by atoms with van der Waals surface area (Å²) < 4.78 is 4.96. The minimum atomic E-state index is -0.390. The summed E-state index contributed by atoms with van der Waals surface area (Å²) in [5.74, 6) is 0.203. The maximum atomic E-state index is 13.1. The maximum Gasteiger partial charge on any atom is 0.407 e. The van der Waals surface area contributed by atoms with E-state index in [0.717, 1.165) is 45.3 Å². The minimum absolute atomic E-state index is 0.0178. The number of carbonyl (C=O) groups is 2. The van der Waals surface area contributed by atoms with Crippen molar-refractivity contribution in [1.29, 1.82) is 0 Å². The summed E-state index contributed by atoms with van der Waals surface area (Å²) in [6.07, 6.45) is 3.38. The van der Waals surface area contributed by atoms with E-state index in [1.165, 1.54) is 5.56 Å². The molecule has 2 aliphatic heterocycles. The molecule has 2 saturated heterocycles. The van der Waals surface area contributed by atoms with E-state index in [4.69, 9.17) is 4.74 Å². The average Bonchev–Trinajstić information content (AvgIpc) is 3.10. The molecule has 142 valence electrons. The summed E-state index contributed by atoms with van der Waals surface area (Å²) in [5.41, 5.74) is 1.24.